The van der Waals surface area contributed by atoms with Crippen LogP contribution >= 0.6 is 0 Å². The molecule has 0 saturated heterocycles. The molecule has 0 amide bonds. The molecule has 1 aromatic rings. The first kappa shape index (κ1) is 13.7. The number of aromatic nitrogens is 1. The van der Waals surface area contributed by atoms with Gasteiger partial charge in [0.1, 0.15) is 5.60 Å². The van der Waals surface area contributed by atoms with Crippen LogP contribution in [0, 0.1) is 0 Å². The Kier molecular flexibility index (Phi) is 3.35. The first-order chi connectivity index (χ1) is 7.50. The smallest absolute Gasteiger partial charge is 0.340 e. The van der Waals surface area contributed by atoms with E-state index in [1.807, 2.05) is 0 Å². The topological polar surface area (TPSA) is 91.4 Å². The number of sulfonamides is 1. The van der Waals surface area contributed by atoms with Crippen molar-refractivity contribution < 1.29 is 17.9 Å². The number of nitrogens with zero attached hydrogens (tertiary/aromatic N) is 1. The Labute approximate surface area is 100 Å². The van der Waals surface area contributed by atoms with E-state index in [2.05, 4.69) is 0 Å². The number of esters is 1. The van der Waals surface area contributed by atoms with Crippen molar-refractivity contribution in [1.29, 1.82) is 0 Å². The summed E-state index contributed by atoms with van der Waals surface area (Å²) in [6, 6.07) is 1.20. The molecule has 6 nitrogen and oxygen atoms in total. The summed E-state index contributed by atoms with van der Waals surface area (Å²) in [7, 11) is -2.34. The number of aryl methyl sites for hydroxylation is 1. The highest BCUT2D eigenvalue weighted by atomic mass is 32.2. The van der Waals surface area contributed by atoms with E-state index in [1.54, 1.807) is 20.8 Å². The Morgan fingerprint density at radius 2 is 1.94 bits per heavy atom. The molecule has 0 saturated carbocycles. The minimum Gasteiger partial charge on any atom is -0.456 e. The fourth-order valence-corrected chi connectivity index (χ4v) is 2.02. The van der Waals surface area contributed by atoms with Gasteiger partial charge in [-0.3, -0.25) is 0 Å². The van der Waals surface area contributed by atoms with Gasteiger partial charge in [-0.25, -0.2) is 18.4 Å². The first-order valence-electron chi connectivity index (χ1n) is 4.93. The van der Waals surface area contributed by atoms with Crippen LogP contribution in [0.1, 0.15) is 31.1 Å². The molecule has 1 rings (SSSR count). The molecule has 1 aromatic heterocycles. The number of carbonyl (C=O) groups is 1. The lowest BCUT2D eigenvalue weighted by Gasteiger charge is -2.18. The molecule has 0 bridgehead atoms. The number of hydrogen-bond donors (Lipinski definition) is 1. The Bertz CT molecular complexity index is 537. The molecule has 7 heteroatoms. The van der Waals surface area contributed by atoms with Crippen LogP contribution in [0.3, 0.4) is 0 Å². The zero-order chi connectivity index (χ0) is 13.4. The van der Waals surface area contributed by atoms with E-state index in [1.165, 1.54) is 23.9 Å². The summed E-state index contributed by atoms with van der Waals surface area (Å²) in [6.07, 6.45) is 1.37. The Morgan fingerprint density at radius 1 is 1.41 bits per heavy atom. The molecule has 0 radical (unpaired) electrons. The number of nitrogens with two attached hydrogens (primary N) is 1. The van der Waals surface area contributed by atoms with E-state index in [0.717, 1.165) is 0 Å². The standard InChI is InChI=1S/C10H16N2O4S/c1-10(2,3)16-9(13)7-5-8(12(4)6-7)17(11,14)15/h5-6H,1-4H3,(H2,11,14,15). The average Bonchev–Trinajstić information content (AvgIpc) is 2.42. The third kappa shape index (κ3) is 3.57. The third-order valence-corrected chi connectivity index (χ3v) is 2.87. The van der Waals surface area contributed by atoms with Crippen LogP contribution in [0.2, 0.25) is 0 Å². The Balaban J connectivity index is 3.07. The molecule has 0 unspecified atom stereocenters. The van der Waals surface area contributed by atoms with Gasteiger partial charge in [-0.15, -0.1) is 0 Å². The molecule has 0 aliphatic heterocycles. The van der Waals surface area contributed by atoms with Gasteiger partial charge >= 0.3 is 5.97 Å². The van der Waals surface area contributed by atoms with Crippen molar-refractivity contribution in [3.63, 3.8) is 0 Å². The van der Waals surface area contributed by atoms with E-state index >= 15 is 0 Å². The van der Waals surface area contributed by atoms with Gasteiger partial charge in [0.15, 0.2) is 5.03 Å². The second-order valence-electron chi connectivity index (χ2n) is 4.72. The lowest BCUT2D eigenvalue weighted by atomic mass is 10.2. The van der Waals surface area contributed by atoms with Crippen molar-refractivity contribution in [3.05, 3.63) is 17.8 Å². The average molecular weight is 260 g/mol. The maximum Gasteiger partial charge on any atom is 0.340 e. The molecule has 0 atom stereocenters. The summed E-state index contributed by atoms with van der Waals surface area (Å²) in [5.74, 6) is -0.581. The fourth-order valence-electron chi connectivity index (χ4n) is 1.28. The van der Waals surface area contributed by atoms with Gasteiger partial charge < -0.3 is 9.30 Å². The summed E-state index contributed by atoms with van der Waals surface area (Å²) in [4.78, 5) is 11.7. The molecule has 1 heterocycles. The predicted octanol–water partition coefficient (Wildman–Crippen LogP) is 0.628. The van der Waals surface area contributed by atoms with Crippen LogP contribution in [-0.2, 0) is 21.8 Å². The van der Waals surface area contributed by atoms with Gasteiger partial charge in [0.25, 0.3) is 10.0 Å². The highest BCUT2D eigenvalue weighted by Gasteiger charge is 2.22. The molecule has 0 spiro atoms. The van der Waals surface area contributed by atoms with Crippen molar-refractivity contribution >= 4 is 16.0 Å². The molecule has 0 aliphatic rings. The van der Waals surface area contributed by atoms with Gasteiger partial charge in [0.05, 0.1) is 5.56 Å². The molecule has 96 valence electrons. The largest absolute Gasteiger partial charge is 0.456 e. The Hall–Kier alpha value is -1.34. The second kappa shape index (κ2) is 4.15. The van der Waals surface area contributed by atoms with E-state index in [-0.39, 0.29) is 10.6 Å². The summed E-state index contributed by atoms with van der Waals surface area (Å²) in [6.45, 7) is 5.19. The maximum absolute atomic E-state index is 11.7. The lowest BCUT2D eigenvalue weighted by Crippen LogP contribution is -2.23. The van der Waals surface area contributed by atoms with Gasteiger partial charge in [0.2, 0.25) is 0 Å². The van der Waals surface area contributed by atoms with Crippen LogP contribution in [0.5, 0.6) is 0 Å². The molecular weight excluding hydrogens is 244 g/mol. The van der Waals surface area contributed by atoms with E-state index in [4.69, 9.17) is 9.88 Å². The molecule has 2 N–H and O–H groups in total. The molecule has 17 heavy (non-hydrogen) atoms. The van der Waals surface area contributed by atoms with Crippen molar-refractivity contribution in [3.8, 4) is 0 Å². The van der Waals surface area contributed by atoms with Crippen LogP contribution < -0.4 is 5.14 Å². The molecule has 0 aromatic carbocycles. The number of ether oxygens (including phenoxy) is 1. The van der Waals surface area contributed by atoms with E-state index < -0.39 is 21.6 Å². The zero-order valence-corrected chi connectivity index (χ0v) is 11.0. The van der Waals surface area contributed by atoms with Gasteiger partial charge in [0, 0.05) is 13.2 Å². The molecule has 0 fully saturated rings. The summed E-state index contributed by atoms with van der Waals surface area (Å²) in [5, 5.41) is 4.87. The van der Waals surface area contributed by atoms with Gasteiger partial charge in [-0.05, 0) is 26.8 Å². The monoisotopic (exact) mass is 260 g/mol. The van der Waals surface area contributed by atoms with E-state index in [9.17, 15) is 13.2 Å². The van der Waals surface area contributed by atoms with E-state index in [0.29, 0.717) is 0 Å². The van der Waals surface area contributed by atoms with Crippen LogP contribution in [-0.4, -0.2) is 24.6 Å². The summed E-state index contributed by atoms with van der Waals surface area (Å²) in [5.41, 5.74) is -0.472. The summed E-state index contributed by atoms with van der Waals surface area (Å²) < 4.78 is 28.7. The lowest BCUT2D eigenvalue weighted by molar-refractivity contribution is 0.00695. The number of carbonyl (C=O) groups excluding carboxylic acids is 1. The minimum absolute atomic E-state index is 0.127. The number of rotatable bonds is 2. The van der Waals surface area contributed by atoms with Crippen LogP contribution in [0.25, 0.3) is 0 Å². The zero-order valence-electron chi connectivity index (χ0n) is 10.2. The number of primary sulfonamides is 1. The normalized spacial score (nSPS) is 12.5. The molecule has 0 aliphatic carbocycles. The predicted molar refractivity (Wildman–Crippen MR) is 62.0 cm³/mol. The number of hydrogen-bond acceptors (Lipinski definition) is 4. The van der Waals surface area contributed by atoms with Crippen LogP contribution in [0.15, 0.2) is 17.3 Å². The SMILES string of the molecule is Cn1cc(C(=O)OC(C)(C)C)cc1S(N)(=O)=O. The van der Waals surface area contributed by atoms with Crippen molar-refractivity contribution in [2.45, 2.75) is 31.4 Å². The minimum atomic E-state index is -3.83. The molecular formula is C10H16N2O4S. The van der Waals surface area contributed by atoms with Crippen LogP contribution in [0.4, 0.5) is 0 Å². The Morgan fingerprint density at radius 3 is 2.29 bits per heavy atom. The quantitative estimate of drug-likeness (QED) is 0.789. The summed E-state index contributed by atoms with van der Waals surface area (Å²) >= 11 is 0. The third-order valence-electron chi connectivity index (χ3n) is 1.89. The maximum atomic E-state index is 11.7. The second-order valence-corrected chi connectivity index (χ2v) is 6.23. The highest BCUT2D eigenvalue weighted by molar-refractivity contribution is 7.89. The fraction of sp³-hybridized carbons (Fsp3) is 0.500. The van der Waals surface area contributed by atoms with Gasteiger partial charge in [-0.1, -0.05) is 0 Å². The van der Waals surface area contributed by atoms with Crippen molar-refractivity contribution in [2.24, 2.45) is 12.2 Å². The first-order valence-corrected chi connectivity index (χ1v) is 6.48. The highest BCUT2D eigenvalue weighted by Crippen LogP contribution is 2.16. The van der Waals surface area contributed by atoms with Crippen molar-refractivity contribution in [2.75, 3.05) is 0 Å². The van der Waals surface area contributed by atoms with Gasteiger partial charge in [-0.2, -0.15) is 0 Å². The van der Waals surface area contributed by atoms with Crippen molar-refractivity contribution in [1.82, 2.24) is 4.57 Å².